The molecule has 2 aliphatic rings. The van der Waals surface area contributed by atoms with Gasteiger partial charge in [0.2, 0.25) is 0 Å². The summed E-state index contributed by atoms with van der Waals surface area (Å²) in [5.41, 5.74) is 2.70. The Hall–Kier alpha value is -0.830. The molecule has 1 atom stereocenters. The van der Waals surface area contributed by atoms with Crippen LogP contribution >= 0.6 is 0 Å². The van der Waals surface area contributed by atoms with Crippen molar-refractivity contribution in [2.45, 2.75) is 20.3 Å². The zero-order chi connectivity index (χ0) is 10.8. The fourth-order valence-electron chi connectivity index (χ4n) is 2.36. The van der Waals surface area contributed by atoms with Gasteiger partial charge in [0.25, 0.3) is 0 Å². The van der Waals surface area contributed by atoms with Crippen molar-refractivity contribution in [1.29, 1.82) is 0 Å². The second kappa shape index (κ2) is 4.35. The van der Waals surface area contributed by atoms with Crippen molar-refractivity contribution in [2.75, 3.05) is 33.2 Å². The first-order valence-electron chi connectivity index (χ1n) is 5.83. The van der Waals surface area contributed by atoms with Gasteiger partial charge >= 0.3 is 0 Å². The fraction of sp³-hybridized carbons (Fsp3) is 0.750. The zero-order valence-electron chi connectivity index (χ0n) is 10.0. The molecule has 1 saturated heterocycles. The van der Waals surface area contributed by atoms with Gasteiger partial charge in [-0.25, -0.2) is 0 Å². The molecule has 15 heavy (non-hydrogen) atoms. The van der Waals surface area contributed by atoms with Crippen molar-refractivity contribution in [1.82, 2.24) is 9.80 Å². The van der Waals surface area contributed by atoms with Crippen molar-refractivity contribution in [2.24, 2.45) is 10.9 Å². The molecule has 3 heteroatoms. The molecule has 2 aliphatic heterocycles. The molecule has 0 aromatic heterocycles. The topological polar surface area (TPSA) is 18.8 Å². The fourth-order valence-corrected chi connectivity index (χ4v) is 2.36. The van der Waals surface area contributed by atoms with E-state index in [0.29, 0.717) is 5.92 Å². The van der Waals surface area contributed by atoms with Crippen LogP contribution in [0.15, 0.2) is 16.9 Å². The van der Waals surface area contributed by atoms with E-state index in [1.807, 2.05) is 0 Å². The highest BCUT2D eigenvalue weighted by Crippen LogP contribution is 2.24. The van der Waals surface area contributed by atoms with Gasteiger partial charge in [0.15, 0.2) is 0 Å². The van der Waals surface area contributed by atoms with Gasteiger partial charge in [-0.05, 0) is 20.4 Å². The monoisotopic (exact) mass is 207 g/mol. The minimum Gasteiger partial charge on any atom is -0.371 e. The Morgan fingerprint density at radius 3 is 2.53 bits per heavy atom. The van der Waals surface area contributed by atoms with Crippen molar-refractivity contribution >= 4 is 5.71 Å². The lowest BCUT2D eigenvalue weighted by atomic mass is 9.98. The second-order valence-corrected chi connectivity index (χ2v) is 4.81. The van der Waals surface area contributed by atoms with E-state index in [9.17, 15) is 0 Å². The lowest BCUT2D eigenvalue weighted by Gasteiger charge is -2.38. The highest BCUT2D eigenvalue weighted by Gasteiger charge is 2.22. The molecule has 0 aromatic rings. The molecular weight excluding hydrogens is 186 g/mol. The third-order valence-electron chi connectivity index (χ3n) is 3.39. The number of aliphatic imine (C=N–C) groups is 1. The maximum absolute atomic E-state index is 4.46. The molecule has 0 amide bonds. The SMILES string of the molecule is CC1=NC=C(N2CCN(C)CC2)C(C)C1. The maximum atomic E-state index is 4.46. The highest BCUT2D eigenvalue weighted by atomic mass is 15.3. The quantitative estimate of drug-likeness (QED) is 0.650. The van der Waals surface area contributed by atoms with E-state index in [1.54, 1.807) is 0 Å². The van der Waals surface area contributed by atoms with Crippen LogP contribution < -0.4 is 0 Å². The van der Waals surface area contributed by atoms with Crippen molar-refractivity contribution in [3.8, 4) is 0 Å². The van der Waals surface area contributed by atoms with E-state index in [0.717, 1.165) is 19.5 Å². The molecule has 0 saturated carbocycles. The third kappa shape index (κ3) is 2.40. The summed E-state index contributed by atoms with van der Waals surface area (Å²) in [6, 6.07) is 0. The largest absolute Gasteiger partial charge is 0.371 e. The van der Waals surface area contributed by atoms with Gasteiger partial charge < -0.3 is 9.80 Å². The lowest BCUT2D eigenvalue weighted by Crippen LogP contribution is -2.45. The van der Waals surface area contributed by atoms with Gasteiger partial charge in [0.1, 0.15) is 0 Å². The van der Waals surface area contributed by atoms with Crippen LogP contribution in [0, 0.1) is 5.92 Å². The van der Waals surface area contributed by atoms with Gasteiger partial charge in [0, 0.05) is 49.7 Å². The van der Waals surface area contributed by atoms with Crippen LogP contribution in [-0.4, -0.2) is 48.7 Å². The second-order valence-electron chi connectivity index (χ2n) is 4.81. The minimum absolute atomic E-state index is 0.644. The van der Waals surface area contributed by atoms with E-state index in [2.05, 4.69) is 41.9 Å². The molecule has 0 aromatic carbocycles. The van der Waals surface area contributed by atoms with Crippen LogP contribution in [0.5, 0.6) is 0 Å². The Balaban J connectivity index is 2.04. The van der Waals surface area contributed by atoms with E-state index in [-0.39, 0.29) is 0 Å². The Labute approximate surface area is 92.5 Å². The Kier molecular flexibility index (Phi) is 3.10. The van der Waals surface area contributed by atoms with Crippen molar-refractivity contribution < 1.29 is 0 Å². The zero-order valence-corrected chi connectivity index (χ0v) is 10.0. The molecule has 2 heterocycles. The molecule has 1 fully saturated rings. The maximum Gasteiger partial charge on any atom is 0.0461 e. The summed E-state index contributed by atoms with van der Waals surface area (Å²) in [6.45, 7) is 9.08. The van der Waals surface area contributed by atoms with Gasteiger partial charge in [-0.2, -0.15) is 0 Å². The number of allylic oxidation sites excluding steroid dienone is 1. The Morgan fingerprint density at radius 1 is 1.27 bits per heavy atom. The summed E-state index contributed by atoms with van der Waals surface area (Å²) >= 11 is 0. The van der Waals surface area contributed by atoms with Gasteiger partial charge in [-0.15, -0.1) is 0 Å². The standard InChI is InChI=1S/C12H21N3/c1-10-8-11(2)13-9-12(10)15-6-4-14(3)5-7-15/h9-10H,4-8H2,1-3H3. The van der Waals surface area contributed by atoms with Crippen LogP contribution in [0.3, 0.4) is 0 Å². The number of nitrogens with zero attached hydrogens (tertiary/aromatic N) is 3. The molecule has 0 aliphatic carbocycles. The van der Waals surface area contributed by atoms with Crippen LogP contribution in [-0.2, 0) is 0 Å². The summed E-state index contributed by atoms with van der Waals surface area (Å²) in [7, 11) is 2.19. The average Bonchev–Trinajstić information content (AvgIpc) is 2.20. The predicted octanol–water partition coefficient (Wildman–Crippen LogP) is 1.58. The van der Waals surface area contributed by atoms with Crippen LogP contribution in [0.1, 0.15) is 20.3 Å². The minimum atomic E-state index is 0.644. The number of likely N-dealkylation sites (N-methyl/N-ethyl adjacent to an activating group) is 1. The first-order chi connectivity index (χ1) is 7.16. The smallest absolute Gasteiger partial charge is 0.0461 e. The van der Waals surface area contributed by atoms with E-state index in [4.69, 9.17) is 0 Å². The molecule has 2 rings (SSSR count). The number of hydrogen-bond donors (Lipinski definition) is 0. The van der Waals surface area contributed by atoms with Crippen molar-refractivity contribution in [3.63, 3.8) is 0 Å². The third-order valence-corrected chi connectivity index (χ3v) is 3.39. The van der Waals surface area contributed by atoms with Crippen molar-refractivity contribution in [3.05, 3.63) is 11.9 Å². The van der Waals surface area contributed by atoms with Crippen LogP contribution in [0.2, 0.25) is 0 Å². The van der Waals surface area contributed by atoms with E-state index < -0.39 is 0 Å². The van der Waals surface area contributed by atoms with E-state index in [1.165, 1.54) is 24.5 Å². The predicted molar refractivity (Wildman–Crippen MR) is 64.0 cm³/mol. The summed E-state index contributed by atoms with van der Waals surface area (Å²) < 4.78 is 0. The van der Waals surface area contributed by atoms with Gasteiger partial charge in [-0.1, -0.05) is 6.92 Å². The summed E-state index contributed by atoms with van der Waals surface area (Å²) in [4.78, 5) is 9.34. The Bertz CT molecular complexity index is 285. The molecule has 0 radical (unpaired) electrons. The van der Waals surface area contributed by atoms with Crippen LogP contribution in [0.4, 0.5) is 0 Å². The number of piperazine rings is 1. The highest BCUT2D eigenvalue weighted by molar-refractivity contribution is 5.83. The molecule has 0 N–H and O–H groups in total. The summed E-state index contributed by atoms with van der Waals surface area (Å²) in [5, 5.41) is 0. The summed E-state index contributed by atoms with van der Waals surface area (Å²) in [6.07, 6.45) is 3.20. The van der Waals surface area contributed by atoms with Gasteiger partial charge in [-0.3, -0.25) is 4.99 Å². The van der Waals surface area contributed by atoms with E-state index >= 15 is 0 Å². The van der Waals surface area contributed by atoms with Crippen LogP contribution in [0.25, 0.3) is 0 Å². The number of rotatable bonds is 1. The summed E-state index contributed by atoms with van der Waals surface area (Å²) in [5.74, 6) is 0.644. The molecule has 84 valence electrons. The molecule has 1 unspecified atom stereocenters. The number of hydrogen-bond acceptors (Lipinski definition) is 3. The average molecular weight is 207 g/mol. The first-order valence-corrected chi connectivity index (χ1v) is 5.83. The lowest BCUT2D eigenvalue weighted by molar-refractivity contribution is 0.174. The Morgan fingerprint density at radius 2 is 1.93 bits per heavy atom. The molecule has 3 nitrogen and oxygen atoms in total. The first kappa shape index (κ1) is 10.7. The van der Waals surface area contributed by atoms with Gasteiger partial charge in [0.05, 0.1) is 0 Å². The molecule has 0 bridgehead atoms. The normalized spacial score (nSPS) is 28.7. The molecular formula is C12H21N3. The molecule has 0 spiro atoms.